The maximum atomic E-state index is 12.1. The smallest absolute Gasteiger partial charge is 0.305 e. The summed E-state index contributed by atoms with van der Waals surface area (Å²) in [6.07, 6.45) is 35.9. The lowest BCUT2D eigenvalue weighted by Gasteiger charge is -2.25. The van der Waals surface area contributed by atoms with Crippen molar-refractivity contribution in [2.75, 3.05) is 6.61 Å². The largest absolute Gasteiger partial charge is 0.466 e. The summed E-state index contributed by atoms with van der Waals surface area (Å²) < 4.78 is 5.43. The summed E-state index contributed by atoms with van der Waals surface area (Å²) in [5.74, 6) is 0.667. The number of ether oxygens (including phenoxy) is 1. The van der Waals surface area contributed by atoms with Crippen molar-refractivity contribution in [3.05, 3.63) is 24.3 Å². The Morgan fingerprint density at radius 3 is 1.89 bits per heavy atom. The molecule has 1 aliphatic carbocycles. The van der Waals surface area contributed by atoms with Gasteiger partial charge in [-0.15, -0.1) is 0 Å². The van der Waals surface area contributed by atoms with Gasteiger partial charge in [0.2, 0.25) is 0 Å². The summed E-state index contributed by atoms with van der Waals surface area (Å²) in [4.78, 5) is 24.0. The lowest BCUT2D eigenvalue weighted by Crippen LogP contribution is -2.23. The van der Waals surface area contributed by atoms with Crippen LogP contribution in [0.1, 0.15) is 188 Å². The highest BCUT2D eigenvalue weighted by Gasteiger charge is 2.40. The summed E-state index contributed by atoms with van der Waals surface area (Å²) >= 11 is 0. The number of hydrogen-bond donors (Lipinski definition) is 2. The van der Waals surface area contributed by atoms with Gasteiger partial charge in [0.1, 0.15) is 5.78 Å². The molecule has 1 aliphatic rings. The lowest BCUT2D eigenvalue weighted by molar-refractivity contribution is -0.143. The van der Waals surface area contributed by atoms with E-state index in [2.05, 4.69) is 38.2 Å². The SMILES string of the molecule is CCCCCC/C=C/CCCCCCCCOC(=O)CCC/C=C\C[C@@H]1[C@@H](CC[C@H](CCCCCCC)CC(C)=O)[C@H](O)C[C@@H]1O. The highest BCUT2D eigenvalue weighted by Crippen LogP contribution is 2.39. The standard InChI is InChI=1S/C41H74O5/c1-4-6-8-10-11-12-13-14-15-16-17-18-22-26-32-46-41(45)29-25-21-20-24-28-37-38(40(44)34-39(37)43)31-30-36(33-35(3)42)27-23-19-9-7-5-2/h12-13,20,24,36-40,43-44H,4-11,14-19,21-23,25-34H2,1-3H3/b13-12+,24-20-/t36-,37+,38+,39-,40+/m0/s1. The Morgan fingerprint density at radius 2 is 1.22 bits per heavy atom. The number of ketones is 1. The van der Waals surface area contributed by atoms with E-state index in [0.717, 1.165) is 51.4 Å². The molecule has 0 aromatic carbocycles. The van der Waals surface area contributed by atoms with Gasteiger partial charge in [0, 0.05) is 12.8 Å². The van der Waals surface area contributed by atoms with Crippen molar-refractivity contribution < 1.29 is 24.5 Å². The number of carbonyl (C=O) groups is 2. The van der Waals surface area contributed by atoms with E-state index in [4.69, 9.17) is 4.74 Å². The molecule has 5 heteroatoms. The number of aliphatic hydroxyl groups is 2. The van der Waals surface area contributed by atoms with Gasteiger partial charge in [-0.05, 0) is 95.3 Å². The Labute approximate surface area is 284 Å². The maximum absolute atomic E-state index is 12.1. The highest BCUT2D eigenvalue weighted by atomic mass is 16.5. The van der Waals surface area contributed by atoms with Gasteiger partial charge >= 0.3 is 5.97 Å². The number of esters is 1. The van der Waals surface area contributed by atoms with E-state index in [1.54, 1.807) is 6.92 Å². The molecule has 0 unspecified atom stereocenters. The first kappa shape index (κ1) is 42.6. The molecule has 0 aliphatic heterocycles. The van der Waals surface area contributed by atoms with Gasteiger partial charge in [-0.2, -0.15) is 0 Å². The first-order valence-electron chi connectivity index (χ1n) is 19.7. The van der Waals surface area contributed by atoms with Gasteiger partial charge in [0.15, 0.2) is 0 Å². The Morgan fingerprint density at radius 1 is 0.674 bits per heavy atom. The second kappa shape index (κ2) is 29.7. The third-order valence-corrected chi connectivity index (χ3v) is 9.97. The van der Waals surface area contributed by atoms with Crippen LogP contribution in [0.5, 0.6) is 0 Å². The second-order valence-corrected chi connectivity index (χ2v) is 14.3. The minimum Gasteiger partial charge on any atom is -0.466 e. The van der Waals surface area contributed by atoms with Crippen LogP contribution >= 0.6 is 0 Å². The molecular weight excluding hydrogens is 572 g/mol. The number of rotatable bonds is 31. The number of allylic oxidation sites excluding steroid dienone is 4. The summed E-state index contributed by atoms with van der Waals surface area (Å²) in [5.41, 5.74) is 0. The molecular formula is C41H74O5. The topological polar surface area (TPSA) is 83.8 Å². The van der Waals surface area contributed by atoms with E-state index in [0.29, 0.717) is 31.8 Å². The molecule has 0 aromatic heterocycles. The van der Waals surface area contributed by atoms with Crippen molar-refractivity contribution in [2.45, 2.75) is 200 Å². The average molecular weight is 647 g/mol. The number of Topliss-reactive ketones (excluding diaryl/α,β-unsaturated/α-hetero) is 1. The quantitative estimate of drug-likeness (QED) is 0.0445. The van der Waals surface area contributed by atoms with Crippen LogP contribution in [-0.2, 0) is 14.3 Å². The lowest BCUT2D eigenvalue weighted by atomic mass is 9.82. The molecule has 0 radical (unpaired) electrons. The van der Waals surface area contributed by atoms with E-state index in [-0.39, 0.29) is 23.6 Å². The number of hydrogen-bond acceptors (Lipinski definition) is 5. The molecule has 268 valence electrons. The highest BCUT2D eigenvalue weighted by molar-refractivity contribution is 5.75. The van der Waals surface area contributed by atoms with Crippen LogP contribution in [0.4, 0.5) is 0 Å². The van der Waals surface area contributed by atoms with Crippen LogP contribution < -0.4 is 0 Å². The molecule has 0 saturated heterocycles. The summed E-state index contributed by atoms with van der Waals surface area (Å²) in [6.45, 7) is 6.70. The number of aliphatic hydroxyl groups excluding tert-OH is 2. The zero-order valence-corrected chi connectivity index (χ0v) is 30.4. The van der Waals surface area contributed by atoms with Gasteiger partial charge in [-0.3, -0.25) is 4.79 Å². The van der Waals surface area contributed by atoms with E-state index in [1.807, 2.05) is 0 Å². The third kappa shape index (κ3) is 23.0. The van der Waals surface area contributed by atoms with Crippen LogP contribution in [-0.4, -0.2) is 40.8 Å². The predicted molar refractivity (Wildman–Crippen MR) is 194 cm³/mol. The van der Waals surface area contributed by atoms with Crippen LogP contribution in [0, 0.1) is 17.8 Å². The molecule has 2 N–H and O–H groups in total. The molecule has 0 heterocycles. The first-order chi connectivity index (χ1) is 22.4. The summed E-state index contributed by atoms with van der Waals surface area (Å²) in [6, 6.07) is 0. The first-order valence-corrected chi connectivity index (χ1v) is 19.7. The van der Waals surface area contributed by atoms with Crippen molar-refractivity contribution in [1.29, 1.82) is 0 Å². The van der Waals surface area contributed by atoms with Crippen molar-refractivity contribution in [3.63, 3.8) is 0 Å². The molecule has 5 atom stereocenters. The van der Waals surface area contributed by atoms with E-state index < -0.39 is 12.2 Å². The monoisotopic (exact) mass is 647 g/mol. The van der Waals surface area contributed by atoms with Gasteiger partial charge in [-0.1, -0.05) is 122 Å². The molecule has 1 saturated carbocycles. The molecule has 0 bridgehead atoms. The van der Waals surface area contributed by atoms with Crippen LogP contribution in [0.3, 0.4) is 0 Å². The molecule has 0 spiro atoms. The van der Waals surface area contributed by atoms with Crippen molar-refractivity contribution >= 4 is 11.8 Å². The van der Waals surface area contributed by atoms with Crippen molar-refractivity contribution in [3.8, 4) is 0 Å². The maximum Gasteiger partial charge on any atom is 0.305 e. The van der Waals surface area contributed by atoms with Crippen molar-refractivity contribution in [1.82, 2.24) is 0 Å². The van der Waals surface area contributed by atoms with E-state index >= 15 is 0 Å². The normalized spacial score (nSPS) is 20.6. The van der Waals surface area contributed by atoms with Gasteiger partial charge in [0.25, 0.3) is 0 Å². The second-order valence-electron chi connectivity index (χ2n) is 14.3. The Balaban J connectivity index is 2.14. The third-order valence-electron chi connectivity index (χ3n) is 9.97. The average Bonchev–Trinajstić information content (AvgIpc) is 3.30. The van der Waals surface area contributed by atoms with Gasteiger partial charge in [-0.25, -0.2) is 0 Å². The van der Waals surface area contributed by atoms with Crippen LogP contribution in [0.25, 0.3) is 0 Å². The van der Waals surface area contributed by atoms with Crippen LogP contribution in [0.2, 0.25) is 0 Å². The molecule has 0 amide bonds. The van der Waals surface area contributed by atoms with Crippen LogP contribution in [0.15, 0.2) is 24.3 Å². The molecule has 1 fully saturated rings. The predicted octanol–water partition coefficient (Wildman–Crippen LogP) is 11.0. The molecule has 0 aromatic rings. The van der Waals surface area contributed by atoms with Crippen molar-refractivity contribution in [2.24, 2.45) is 17.8 Å². The molecule has 5 nitrogen and oxygen atoms in total. The molecule has 46 heavy (non-hydrogen) atoms. The number of carbonyl (C=O) groups excluding carboxylic acids is 2. The summed E-state index contributed by atoms with van der Waals surface area (Å²) in [5, 5.41) is 21.4. The number of unbranched alkanes of at least 4 members (excludes halogenated alkanes) is 15. The fourth-order valence-electron chi connectivity index (χ4n) is 7.12. The Bertz CT molecular complexity index is 790. The van der Waals surface area contributed by atoms with E-state index in [1.165, 1.54) is 96.3 Å². The van der Waals surface area contributed by atoms with E-state index in [9.17, 15) is 19.8 Å². The fraction of sp³-hybridized carbons (Fsp3) is 0.854. The minimum atomic E-state index is -0.480. The zero-order chi connectivity index (χ0) is 33.7. The summed E-state index contributed by atoms with van der Waals surface area (Å²) in [7, 11) is 0. The molecule has 1 rings (SSSR count). The Hall–Kier alpha value is -1.46. The van der Waals surface area contributed by atoms with Gasteiger partial charge in [0.05, 0.1) is 18.8 Å². The Kier molecular flexibility index (Phi) is 27.4. The zero-order valence-electron chi connectivity index (χ0n) is 30.4. The minimum absolute atomic E-state index is 0.0562. The fourth-order valence-corrected chi connectivity index (χ4v) is 7.12. The van der Waals surface area contributed by atoms with Gasteiger partial charge < -0.3 is 19.7 Å².